The largest absolute Gasteiger partial charge is 0.344 e. The second-order valence-corrected chi connectivity index (χ2v) is 9.24. The monoisotopic (exact) mass is 387 g/mol. The molecular formula is C24H29N5. The molecule has 29 heavy (non-hydrogen) atoms. The lowest BCUT2D eigenvalue weighted by atomic mass is 9.69. The number of anilines is 1. The summed E-state index contributed by atoms with van der Waals surface area (Å²) in [5, 5.41) is 10.0. The highest BCUT2D eigenvalue weighted by Crippen LogP contribution is 2.42. The van der Waals surface area contributed by atoms with Crippen molar-refractivity contribution in [2.24, 2.45) is 18.4 Å². The van der Waals surface area contributed by atoms with E-state index >= 15 is 0 Å². The van der Waals surface area contributed by atoms with Gasteiger partial charge in [0.25, 0.3) is 0 Å². The highest BCUT2D eigenvalue weighted by Gasteiger charge is 2.38. The van der Waals surface area contributed by atoms with Crippen LogP contribution in [0.5, 0.6) is 0 Å². The van der Waals surface area contributed by atoms with Gasteiger partial charge in [-0.1, -0.05) is 32.1 Å². The molecule has 2 aromatic heterocycles. The molecule has 5 rings (SSSR count). The third kappa shape index (κ3) is 3.67. The number of likely N-dealkylation sites (tertiary alicyclic amines) is 1. The zero-order valence-electron chi connectivity index (χ0n) is 17.4. The molecule has 0 bridgehead atoms. The third-order valence-corrected chi connectivity index (χ3v) is 6.66. The minimum Gasteiger partial charge on any atom is -0.344 e. The molecule has 3 heterocycles. The Hall–Kier alpha value is -2.66. The van der Waals surface area contributed by atoms with E-state index in [1.807, 2.05) is 30.3 Å². The van der Waals surface area contributed by atoms with E-state index in [-0.39, 0.29) is 0 Å². The normalized spacial score (nSPS) is 19.0. The lowest BCUT2D eigenvalue weighted by Crippen LogP contribution is -2.53. The van der Waals surface area contributed by atoms with Crippen molar-refractivity contribution in [1.29, 1.82) is 0 Å². The Kier molecular flexibility index (Phi) is 4.43. The zero-order chi connectivity index (χ0) is 20.0. The van der Waals surface area contributed by atoms with Gasteiger partial charge in [-0.3, -0.25) is 4.68 Å². The van der Waals surface area contributed by atoms with Crippen LogP contribution in [0.4, 0.5) is 5.82 Å². The van der Waals surface area contributed by atoms with Gasteiger partial charge in [0.1, 0.15) is 5.82 Å². The molecule has 5 heteroatoms. The number of nitrogens with one attached hydrogen (secondary N) is 1. The lowest BCUT2D eigenvalue weighted by molar-refractivity contribution is 0.0285. The van der Waals surface area contributed by atoms with E-state index in [1.54, 1.807) is 0 Å². The first-order valence-corrected chi connectivity index (χ1v) is 10.5. The Morgan fingerprint density at radius 3 is 2.69 bits per heavy atom. The first kappa shape index (κ1) is 18.4. The number of fused-ring (bicyclic) bond motifs is 1. The molecule has 0 atom stereocenters. The second-order valence-electron chi connectivity index (χ2n) is 9.24. The molecular weight excluding hydrogens is 358 g/mol. The predicted molar refractivity (Wildman–Crippen MR) is 119 cm³/mol. The topological polar surface area (TPSA) is 46.0 Å². The Bertz CT molecular complexity index is 1060. The average molecular weight is 388 g/mol. The number of pyridine rings is 1. The minimum absolute atomic E-state index is 0.512. The molecule has 1 saturated carbocycles. The standard InChI is InChI=1S/C24H29N5/c1-17(22-14-29(15-22)16-24(2)7-4-8-24)27-23-10-20-9-18(5-6-19(20)11-25-23)21-12-26-28(3)13-21/h5-6,9-13,22H,1,4,7-8,14-16H2,2-3H3,(H,25,27). The van der Waals surface area contributed by atoms with Crippen molar-refractivity contribution in [3.8, 4) is 11.1 Å². The number of hydrogen-bond acceptors (Lipinski definition) is 4. The van der Waals surface area contributed by atoms with Crippen LogP contribution in [-0.4, -0.2) is 39.3 Å². The van der Waals surface area contributed by atoms with Gasteiger partial charge in [0.2, 0.25) is 0 Å². The molecule has 1 aliphatic heterocycles. The maximum absolute atomic E-state index is 4.59. The number of aryl methyl sites for hydroxylation is 1. The minimum atomic E-state index is 0.512. The average Bonchev–Trinajstić information content (AvgIpc) is 3.08. The maximum atomic E-state index is 4.59. The molecule has 0 amide bonds. The Morgan fingerprint density at radius 2 is 2.00 bits per heavy atom. The van der Waals surface area contributed by atoms with Gasteiger partial charge >= 0.3 is 0 Å². The van der Waals surface area contributed by atoms with Crippen LogP contribution in [0.2, 0.25) is 0 Å². The van der Waals surface area contributed by atoms with E-state index in [1.165, 1.54) is 36.8 Å². The maximum Gasteiger partial charge on any atom is 0.130 e. The lowest BCUT2D eigenvalue weighted by Gasteiger charge is -2.48. The molecule has 1 aromatic carbocycles. The molecule has 1 aliphatic carbocycles. The molecule has 0 spiro atoms. The van der Waals surface area contributed by atoms with E-state index in [4.69, 9.17) is 0 Å². The van der Waals surface area contributed by atoms with Crippen molar-refractivity contribution in [3.05, 3.63) is 55.1 Å². The summed E-state index contributed by atoms with van der Waals surface area (Å²) in [6.07, 6.45) is 10.0. The summed E-state index contributed by atoms with van der Waals surface area (Å²) < 4.78 is 1.83. The molecule has 5 nitrogen and oxygen atoms in total. The predicted octanol–water partition coefficient (Wildman–Crippen LogP) is 4.68. The van der Waals surface area contributed by atoms with Gasteiger partial charge in [-0.15, -0.1) is 0 Å². The van der Waals surface area contributed by atoms with Gasteiger partial charge in [0.05, 0.1) is 6.20 Å². The number of benzene rings is 1. The van der Waals surface area contributed by atoms with Gasteiger partial charge in [0.15, 0.2) is 0 Å². The first-order valence-electron chi connectivity index (χ1n) is 10.5. The molecule has 0 radical (unpaired) electrons. The quantitative estimate of drug-likeness (QED) is 0.667. The SMILES string of the molecule is C=C(Nc1cc2cc(-c3cnn(C)c3)ccc2cn1)C1CN(CC2(C)CCC2)C1. The fourth-order valence-corrected chi connectivity index (χ4v) is 4.62. The van der Waals surface area contributed by atoms with Crippen LogP contribution in [0.25, 0.3) is 21.9 Å². The van der Waals surface area contributed by atoms with Gasteiger partial charge in [-0.2, -0.15) is 5.10 Å². The van der Waals surface area contributed by atoms with Crippen LogP contribution >= 0.6 is 0 Å². The number of rotatable bonds is 6. The summed E-state index contributed by atoms with van der Waals surface area (Å²) in [7, 11) is 1.94. The molecule has 0 unspecified atom stereocenters. The van der Waals surface area contributed by atoms with Gasteiger partial charge < -0.3 is 10.2 Å². The highest BCUT2D eigenvalue weighted by molar-refractivity contribution is 5.88. The molecule has 2 fully saturated rings. The van der Waals surface area contributed by atoms with Crippen molar-refractivity contribution >= 4 is 16.6 Å². The molecule has 150 valence electrons. The summed E-state index contributed by atoms with van der Waals surface area (Å²) in [6.45, 7) is 10.2. The second kappa shape index (κ2) is 6.99. The smallest absolute Gasteiger partial charge is 0.130 e. The van der Waals surface area contributed by atoms with Gasteiger partial charge in [0, 0.05) is 61.6 Å². The summed E-state index contributed by atoms with van der Waals surface area (Å²) in [5.41, 5.74) is 3.93. The summed E-state index contributed by atoms with van der Waals surface area (Å²) in [5.74, 6) is 1.38. The zero-order valence-corrected chi connectivity index (χ0v) is 17.4. The fourth-order valence-electron chi connectivity index (χ4n) is 4.62. The molecule has 1 saturated heterocycles. The van der Waals surface area contributed by atoms with Crippen molar-refractivity contribution in [2.75, 3.05) is 25.0 Å². The van der Waals surface area contributed by atoms with Crippen LogP contribution in [0.15, 0.2) is 55.1 Å². The van der Waals surface area contributed by atoms with Crippen molar-refractivity contribution in [3.63, 3.8) is 0 Å². The van der Waals surface area contributed by atoms with Crippen molar-refractivity contribution in [2.45, 2.75) is 26.2 Å². The van der Waals surface area contributed by atoms with Crippen LogP contribution in [0, 0.1) is 11.3 Å². The molecule has 1 N–H and O–H groups in total. The van der Waals surface area contributed by atoms with Crippen molar-refractivity contribution < 1.29 is 0 Å². The molecule has 3 aromatic rings. The van der Waals surface area contributed by atoms with Gasteiger partial charge in [-0.05, 0) is 41.3 Å². The van der Waals surface area contributed by atoms with E-state index in [9.17, 15) is 0 Å². The summed E-state index contributed by atoms with van der Waals surface area (Å²) >= 11 is 0. The van der Waals surface area contributed by atoms with Crippen molar-refractivity contribution in [1.82, 2.24) is 19.7 Å². The molecule has 2 aliphatic rings. The first-order chi connectivity index (χ1) is 14.0. The van der Waals surface area contributed by atoms with E-state index in [0.29, 0.717) is 11.3 Å². The number of nitrogens with zero attached hydrogens (tertiary/aromatic N) is 4. The van der Waals surface area contributed by atoms with E-state index in [0.717, 1.165) is 35.6 Å². The third-order valence-electron chi connectivity index (χ3n) is 6.66. The Morgan fingerprint density at radius 1 is 1.17 bits per heavy atom. The van der Waals surface area contributed by atoms with Crippen LogP contribution in [0.1, 0.15) is 26.2 Å². The Labute approximate surface area is 172 Å². The van der Waals surface area contributed by atoms with Crippen LogP contribution in [-0.2, 0) is 7.05 Å². The fraction of sp³-hybridized carbons (Fsp3) is 0.417. The Balaban J connectivity index is 1.25. The van der Waals surface area contributed by atoms with E-state index < -0.39 is 0 Å². The van der Waals surface area contributed by atoms with Gasteiger partial charge in [-0.25, -0.2) is 4.98 Å². The number of aromatic nitrogens is 3. The summed E-state index contributed by atoms with van der Waals surface area (Å²) in [6, 6.07) is 8.56. The van der Waals surface area contributed by atoms with E-state index in [2.05, 4.69) is 58.1 Å². The van der Waals surface area contributed by atoms with Crippen LogP contribution in [0.3, 0.4) is 0 Å². The summed E-state index contributed by atoms with van der Waals surface area (Å²) in [4.78, 5) is 7.17. The highest BCUT2D eigenvalue weighted by atomic mass is 15.2. The van der Waals surface area contributed by atoms with Crippen LogP contribution < -0.4 is 5.32 Å². The number of hydrogen-bond donors (Lipinski definition) is 1.